The highest BCUT2D eigenvalue weighted by Crippen LogP contribution is 2.32. The molecule has 0 saturated heterocycles. The first-order chi connectivity index (χ1) is 17.0. The molecule has 4 rings (SSSR count). The molecule has 0 aliphatic heterocycles. The fourth-order valence-electron chi connectivity index (χ4n) is 3.62. The van der Waals surface area contributed by atoms with E-state index < -0.39 is 5.92 Å². The molecule has 7 nitrogen and oxygen atoms in total. The molecule has 1 unspecified atom stereocenters. The van der Waals surface area contributed by atoms with Crippen molar-refractivity contribution < 1.29 is 9.59 Å². The van der Waals surface area contributed by atoms with Crippen LogP contribution in [0.2, 0.25) is 5.02 Å². The molecule has 0 spiro atoms. The third-order valence-electron chi connectivity index (χ3n) is 5.40. The van der Waals surface area contributed by atoms with E-state index in [4.69, 9.17) is 11.6 Å². The summed E-state index contributed by atoms with van der Waals surface area (Å²) in [5.41, 5.74) is 2.93. The van der Waals surface area contributed by atoms with Gasteiger partial charge in [-0.15, -0.1) is 0 Å². The molecular weight excluding hydrogens is 462 g/mol. The highest BCUT2D eigenvalue weighted by atomic mass is 35.5. The van der Waals surface area contributed by atoms with Crippen LogP contribution in [0.5, 0.6) is 0 Å². The zero-order valence-corrected chi connectivity index (χ0v) is 19.4. The average Bonchev–Trinajstić information content (AvgIpc) is 3.39. The maximum absolute atomic E-state index is 12.8. The second kappa shape index (κ2) is 11.1. The van der Waals surface area contributed by atoms with Crippen molar-refractivity contribution in [2.75, 3.05) is 10.6 Å². The van der Waals surface area contributed by atoms with E-state index >= 15 is 0 Å². The predicted octanol–water partition coefficient (Wildman–Crippen LogP) is 5.47. The molecule has 1 aromatic heterocycles. The lowest BCUT2D eigenvalue weighted by Crippen LogP contribution is -2.16. The molecule has 0 bridgehead atoms. The number of aromatic nitrogens is 2. The van der Waals surface area contributed by atoms with Crippen molar-refractivity contribution in [3.8, 4) is 6.07 Å². The summed E-state index contributed by atoms with van der Waals surface area (Å²) in [5, 5.41) is 15.7. The Labute approximate surface area is 208 Å². The van der Waals surface area contributed by atoms with Gasteiger partial charge in [0.2, 0.25) is 5.91 Å². The van der Waals surface area contributed by atoms with Crippen LogP contribution in [0.15, 0.2) is 91.5 Å². The third-order valence-corrected chi connectivity index (χ3v) is 5.72. The Balaban J connectivity index is 1.41. The zero-order chi connectivity index (χ0) is 24.6. The smallest absolute Gasteiger partial charge is 0.255 e. The van der Waals surface area contributed by atoms with Crippen LogP contribution in [-0.4, -0.2) is 21.4 Å². The van der Waals surface area contributed by atoms with Crippen LogP contribution in [0, 0.1) is 11.3 Å². The van der Waals surface area contributed by atoms with Crippen molar-refractivity contribution >= 4 is 34.8 Å². The Morgan fingerprint density at radius 1 is 1.00 bits per heavy atom. The Kier molecular flexibility index (Phi) is 7.56. The van der Waals surface area contributed by atoms with Gasteiger partial charge >= 0.3 is 0 Å². The van der Waals surface area contributed by atoms with Gasteiger partial charge in [0.15, 0.2) is 0 Å². The number of aryl methyl sites for hydroxylation is 1. The van der Waals surface area contributed by atoms with Crippen LogP contribution in [0.4, 0.5) is 11.4 Å². The lowest BCUT2D eigenvalue weighted by atomic mass is 9.92. The maximum Gasteiger partial charge on any atom is 0.255 e. The quantitative estimate of drug-likeness (QED) is 0.347. The third kappa shape index (κ3) is 6.14. The Morgan fingerprint density at radius 3 is 2.51 bits per heavy atom. The number of rotatable bonds is 8. The summed E-state index contributed by atoms with van der Waals surface area (Å²) < 4.78 is 1.82. The van der Waals surface area contributed by atoms with Crippen LogP contribution < -0.4 is 10.6 Å². The van der Waals surface area contributed by atoms with Crippen LogP contribution in [0.3, 0.4) is 0 Å². The van der Waals surface area contributed by atoms with Gasteiger partial charge in [0.1, 0.15) is 0 Å². The minimum atomic E-state index is -0.512. The van der Waals surface area contributed by atoms with Crippen molar-refractivity contribution in [1.29, 1.82) is 5.26 Å². The molecule has 0 aliphatic carbocycles. The van der Waals surface area contributed by atoms with Gasteiger partial charge in [0.05, 0.1) is 18.3 Å². The first-order valence-electron chi connectivity index (χ1n) is 10.9. The van der Waals surface area contributed by atoms with Crippen molar-refractivity contribution in [2.45, 2.75) is 18.9 Å². The highest BCUT2D eigenvalue weighted by Gasteiger charge is 2.17. The number of nitrogens with one attached hydrogen (secondary N) is 2. The number of carbonyl (C=O) groups excluding carboxylic acids is 2. The van der Waals surface area contributed by atoms with Gasteiger partial charge in [-0.1, -0.05) is 54.1 Å². The first-order valence-corrected chi connectivity index (χ1v) is 11.3. The number of nitriles is 1. The molecule has 0 radical (unpaired) electrons. The second-order valence-corrected chi connectivity index (χ2v) is 8.25. The van der Waals surface area contributed by atoms with E-state index in [1.807, 2.05) is 34.9 Å². The number of amides is 2. The van der Waals surface area contributed by atoms with Crippen LogP contribution in [0.1, 0.15) is 33.8 Å². The van der Waals surface area contributed by atoms with Crippen LogP contribution in [0.25, 0.3) is 0 Å². The number of halogens is 1. The van der Waals surface area contributed by atoms with E-state index in [-0.39, 0.29) is 18.2 Å². The fraction of sp³-hybridized carbons (Fsp3) is 0.111. The van der Waals surface area contributed by atoms with E-state index in [9.17, 15) is 14.9 Å². The molecule has 2 amide bonds. The monoisotopic (exact) mass is 483 g/mol. The van der Waals surface area contributed by atoms with Gasteiger partial charge < -0.3 is 15.2 Å². The number of benzene rings is 3. The molecule has 174 valence electrons. The number of carbonyl (C=O) groups is 2. The largest absolute Gasteiger partial charge is 0.337 e. The Bertz CT molecular complexity index is 1360. The van der Waals surface area contributed by atoms with Gasteiger partial charge in [-0.05, 0) is 41.5 Å². The molecule has 1 atom stereocenters. The van der Waals surface area contributed by atoms with E-state index in [0.29, 0.717) is 34.1 Å². The van der Waals surface area contributed by atoms with Gasteiger partial charge in [0, 0.05) is 47.3 Å². The summed E-state index contributed by atoms with van der Waals surface area (Å²) in [5.74, 6) is -1.02. The second-order valence-electron chi connectivity index (χ2n) is 7.84. The van der Waals surface area contributed by atoms with E-state index in [0.717, 1.165) is 5.56 Å². The predicted molar refractivity (Wildman–Crippen MR) is 135 cm³/mol. The summed E-state index contributed by atoms with van der Waals surface area (Å²) in [4.78, 5) is 29.0. The Hall–Kier alpha value is -4.41. The lowest BCUT2D eigenvalue weighted by molar-refractivity contribution is -0.116. The lowest BCUT2D eigenvalue weighted by Gasteiger charge is -2.14. The molecule has 8 heteroatoms. The topological polar surface area (TPSA) is 99.8 Å². The summed E-state index contributed by atoms with van der Waals surface area (Å²) >= 11 is 6.48. The molecular formula is C27H22ClN5O2. The molecule has 4 aromatic rings. The fourth-order valence-corrected chi connectivity index (χ4v) is 3.91. The normalized spacial score (nSPS) is 11.3. The van der Waals surface area contributed by atoms with Crippen molar-refractivity contribution in [2.24, 2.45) is 0 Å². The molecule has 1 heterocycles. The number of hydrogen-bond acceptors (Lipinski definition) is 4. The average molecular weight is 484 g/mol. The van der Waals surface area contributed by atoms with Crippen LogP contribution in [-0.2, 0) is 11.3 Å². The number of anilines is 2. The van der Waals surface area contributed by atoms with Gasteiger partial charge in [-0.2, -0.15) is 5.26 Å². The van der Waals surface area contributed by atoms with Crippen molar-refractivity contribution in [3.05, 3.63) is 113 Å². The summed E-state index contributed by atoms with van der Waals surface area (Å²) in [6, 6.07) is 23.5. The molecule has 0 fully saturated rings. The van der Waals surface area contributed by atoms with E-state index in [1.54, 1.807) is 61.2 Å². The van der Waals surface area contributed by atoms with Gasteiger partial charge in [0.25, 0.3) is 5.91 Å². The summed E-state index contributed by atoms with van der Waals surface area (Å²) in [6.07, 6.45) is 5.38. The van der Waals surface area contributed by atoms with Crippen molar-refractivity contribution in [3.63, 3.8) is 0 Å². The molecule has 0 aliphatic rings. The molecule has 0 saturated carbocycles. The summed E-state index contributed by atoms with van der Waals surface area (Å²) in [6.45, 7) is 0.514. The number of imidazole rings is 1. The van der Waals surface area contributed by atoms with Crippen LogP contribution >= 0.6 is 11.6 Å². The maximum atomic E-state index is 12.8. The minimum Gasteiger partial charge on any atom is -0.337 e. The Morgan fingerprint density at radius 2 is 1.80 bits per heavy atom. The molecule has 35 heavy (non-hydrogen) atoms. The van der Waals surface area contributed by atoms with Crippen molar-refractivity contribution in [1.82, 2.24) is 9.55 Å². The first kappa shape index (κ1) is 23.7. The highest BCUT2D eigenvalue weighted by molar-refractivity contribution is 6.32. The van der Waals surface area contributed by atoms with Gasteiger partial charge in [-0.3, -0.25) is 9.59 Å². The standard InChI is InChI=1S/C27H22ClN5O2/c28-25-16-22(9-10-23(25)24(17-29)19-5-2-1-3-6-19)32-27(35)20-7-4-8-21(15-20)31-26(34)11-13-33-14-12-30-18-33/h1-10,12,14-16,18,24H,11,13H2,(H,31,34)(H,32,35). The number of hydrogen-bond donors (Lipinski definition) is 2. The summed E-state index contributed by atoms with van der Waals surface area (Å²) in [7, 11) is 0. The minimum absolute atomic E-state index is 0.163. The zero-order valence-electron chi connectivity index (χ0n) is 18.7. The van der Waals surface area contributed by atoms with E-state index in [1.165, 1.54) is 0 Å². The van der Waals surface area contributed by atoms with E-state index in [2.05, 4.69) is 21.7 Å². The molecule has 3 aromatic carbocycles. The number of nitrogens with zero attached hydrogens (tertiary/aromatic N) is 3. The SMILES string of the molecule is N#CC(c1ccccc1)c1ccc(NC(=O)c2cccc(NC(=O)CCn3ccnc3)c2)cc1Cl. The molecule has 2 N–H and O–H groups in total. The van der Waals surface area contributed by atoms with Gasteiger partial charge in [-0.25, -0.2) is 4.98 Å².